The summed E-state index contributed by atoms with van der Waals surface area (Å²) >= 11 is 5.96. The summed E-state index contributed by atoms with van der Waals surface area (Å²) < 4.78 is 0. The average Bonchev–Trinajstić information content (AvgIpc) is 2.45. The van der Waals surface area contributed by atoms with E-state index in [1.54, 1.807) is 0 Å². The molecule has 4 heteroatoms. The van der Waals surface area contributed by atoms with Crippen LogP contribution in [0.5, 0.6) is 0 Å². The van der Waals surface area contributed by atoms with Crippen LogP contribution >= 0.6 is 11.6 Å². The van der Waals surface area contributed by atoms with Crippen molar-refractivity contribution in [2.75, 3.05) is 11.1 Å². The van der Waals surface area contributed by atoms with E-state index in [1.165, 1.54) is 0 Å². The van der Waals surface area contributed by atoms with Crippen LogP contribution in [0.4, 0.5) is 11.5 Å². The highest BCUT2D eigenvalue weighted by molar-refractivity contribution is 6.30. The molecular weight excluding hydrogens is 270 g/mol. The standard InChI is InChI=1S/C16H14ClN3/c17-13-3-1-2-11(8-13)10-19-16-7-4-12-9-14(18)5-6-15(12)20-16/h1-9H,10,18H2,(H,19,20). The van der Waals surface area contributed by atoms with Gasteiger partial charge >= 0.3 is 0 Å². The smallest absolute Gasteiger partial charge is 0.126 e. The largest absolute Gasteiger partial charge is 0.399 e. The van der Waals surface area contributed by atoms with E-state index in [9.17, 15) is 0 Å². The minimum atomic E-state index is 0.689. The van der Waals surface area contributed by atoms with Crippen molar-refractivity contribution in [3.05, 3.63) is 65.2 Å². The Kier molecular flexibility index (Phi) is 3.44. The SMILES string of the molecule is Nc1ccc2nc(NCc3cccc(Cl)c3)ccc2c1. The van der Waals surface area contributed by atoms with Gasteiger partial charge in [-0.25, -0.2) is 4.98 Å². The Hall–Kier alpha value is -2.26. The fourth-order valence-corrected chi connectivity index (χ4v) is 2.29. The van der Waals surface area contributed by atoms with Crippen molar-refractivity contribution in [2.24, 2.45) is 0 Å². The number of hydrogen-bond donors (Lipinski definition) is 2. The molecule has 2 aromatic carbocycles. The van der Waals surface area contributed by atoms with Gasteiger partial charge in [0.2, 0.25) is 0 Å². The molecule has 0 saturated heterocycles. The Morgan fingerprint density at radius 1 is 1.05 bits per heavy atom. The van der Waals surface area contributed by atoms with Crippen molar-refractivity contribution < 1.29 is 0 Å². The molecule has 1 aromatic heterocycles. The molecule has 0 aliphatic heterocycles. The van der Waals surface area contributed by atoms with Crippen molar-refractivity contribution in [3.63, 3.8) is 0 Å². The second-order valence-electron chi connectivity index (χ2n) is 4.63. The van der Waals surface area contributed by atoms with Gasteiger partial charge in [-0.3, -0.25) is 0 Å². The van der Waals surface area contributed by atoms with E-state index >= 15 is 0 Å². The van der Waals surface area contributed by atoms with Crippen LogP contribution in [0, 0.1) is 0 Å². The topological polar surface area (TPSA) is 50.9 Å². The molecule has 0 aliphatic rings. The molecule has 0 aliphatic carbocycles. The molecule has 0 bridgehead atoms. The van der Waals surface area contributed by atoms with Gasteiger partial charge < -0.3 is 11.1 Å². The van der Waals surface area contributed by atoms with Crippen LogP contribution in [-0.4, -0.2) is 4.98 Å². The molecule has 3 N–H and O–H groups in total. The molecule has 0 unspecified atom stereocenters. The van der Waals surface area contributed by atoms with Crippen LogP contribution in [0.1, 0.15) is 5.56 Å². The first-order chi connectivity index (χ1) is 9.70. The van der Waals surface area contributed by atoms with Crippen LogP contribution in [0.2, 0.25) is 5.02 Å². The summed E-state index contributed by atoms with van der Waals surface area (Å²) in [5.74, 6) is 0.835. The molecule has 0 saturated carbocycles. The number of nitrogen functional groups attached to an aromatic ring is 1. The second kappa shape index (κ2) is 5.39. The lowest BCUT2D eigenvalue weighted by Crippen LogP contribution is -2.01. The highest BCUT2D eigenvalue weighted by Crippen LogP contribution is 2.18. The third-order valence-corrected chi connectivity index (χ3v) is 3.31. The first-order valence-electron chi connectivity index (χ1n) is 6.35. The number of nitrogens with two attached hydrogens (primary N) is 1. The lowest BCUT2D eigenvalue weighted by molar-refractivity contribution is 1.12. The summed E-state index contributed by atoms with van der Waals surface area (Å²) in [5, 5.41) is 5.08. The lowest BCUT2D eigenvalue weighted by Gasteiger charge is -2.07. The maximum Gasteiger partial charge on any atom is 0.126 e. The highest BCUT2D eigenvalue weighted by atomic mass is 35.5. The summed E-state index contributed by atoms with van der Waals surface area (Å²) in [6.07, 6.45) is 0. The van der Waals surface area contributed by atoms with Crippen molar-refractivity contribution in [1.29, 1.82) is 0 Å². The number of aromatic nitrogens is 1. The Morgan fingerprint density at radius 3 is 2.80 bits per heavy atom. The van der Waals surface area contributed by atoms with Crippen molar-refractivity contribution >= 4 is 34.0 Å². The zero-order chi connectivity index (χ0) is 13.9. The average molecular weight is 284 g/mol. The molecule has 100 valence electrons. The van der Waals surface area contributed by atoms with Gasteiger partial charge in [0.1, 0.15) is 5.82 Å². The maximum absolute atomic E-state index is 5.96. The van der Waals surface area contributed by atoms with Gasteiger partial charge in [-0.1, -0.05) is 23.7 Å². The molecule has 0 fully saturated rings. The normalized spacial score (nSPS) is 10.7. The summed E-state index contributed by atoms with van der Waals surface area (Å²) in [6.45, 7) is 0.689. The van der Waals surface area contributed by atoms with E-state index in [0.29, 0.717) is 6.54 Å². The molecule has 3 aromatic rings. The van der Waals surface area contributed by atoms with Gasteiger partial charge in [0.15, 0.2) is 0 Å². The van der Waals surface area contributed by atoms with E-state index in [0.717, 1.165) is 33.0 Å². The summed E-state index contributed by atoms with van der Waals surface area (Å²) in [6, 6.07) is 17.4. The monoisotopic (exact) mass is 283 g/mol. The van der Waals surface area contributed by atoms with Gasteiger partial charge in [0.05, 0.1) is 5.52 Å². The number of nitrogens with zero attached hydrogens (tertiary/aromatic N) is 1. The first-order valence-corrected chi connectivity index (χ1v) is 6.73. The van der Waals surface area contributed by atoms with Gasteiger partial charge in [-0.05, 0) is 48.0 Å². The molecule has 3 rings (SSSR count). The minimum absolute atomic E-state index is 0.689. The molecule has 0 amide bonds. The molecule has 3 nitrogen and oxygen atoms in total. The fraction of sp³-hybridized carbons (Fsp3) is 0.0625. The van der Waals surface area contributed by atoms with Crippen molar-refractivity contribution in [2.45, 2.75) is 6.54 Å². The summed E-state index contributed by atoms with van der Waals surface area (Å²) in [5.41, 5.74) is 8.55. The number of nitrogens with one attached hydrogen (secondary N) is 1. The fourth-order valence-electron chi connectivity index (χ4n) is 2.08. The Bertz CT molecular complexity index is 756. The van der Waals surface area contributed by atoms with Crippen LogP contribution in [0.15, 0.2) is 54.6 Å². The quantitative estimate of drug-likeness (QED) is 0.712. The Labute approximate surface area is 122 Å². The number of hydrogen-bond acceptors (Lipinski definition) is 3. The van der Waals surface area contributed by atoms with E-state index in [4.69, 9.17) is 17.3 Å². The van der Waals surface area contributed by atoms with Crippen molar-refractivity contribution in [1.82, 2.24) is 4.98 Å². The van der Waals surface area contributed by atoms with E-state index < -0.39 is 0 Å². The van der Waals surface area contributed by atoms with Gasteiger partial charge in [0, 0.05) is 22.6 Å². The second-order valence-corrected chi connectivity index (χ2v) is 5.07. The third kappa shape index (κ3) is 2.83. The van der Waals surface area contributed by atoms with E-state index in [2.05, 4.69) is 10.3 Å². The van der Waals surface area contributed by atoms with Gasteiger partial charge in [-0.15, -0.1) is 0 Å². The zero-order valence-corrected chi connectivity index (χ0v) is 11.6. The van der Waals surface area contributed by atoms with Gasteiger partial charge in [0.25, 0.3) is 0 Å². The molecular formula is C16H14ClN3. The lowest BCUT2D eigenvalue weighted by atomic mass is 10.2. The van der Waals surface area contributed by atoms with Crippen LogP contribution < -0.4 is 11.1 Å². The Balaban J connectivity index is 1.79. The summed E-state index contributed by atoms with van der Waals surface area (Å²) in [4.78, 5) is 4.55. The minimum Gasteiger partial charge on any atom is -0.399 e. The number of halogens is 1. The molecule has 1 heterocycles. The maximum atomic E-state index is 5.96. The number of pyridine rings is 1. The zero-order valence-electron chi connectivity index (χ0n) is 10.8. The predicted octanol–water partition coefficient (Wildman–Crippen LogP) is 4.08. The molecule has 0 atom stereocenters. The number of anilines is 2. The Morgan fingerprint density at radius 2 is 1.95 bits per heavy atom. The number of rotatable bonds is 3. The number of benzene rings is 2. The van der Waals surface area contributed by atoms with Crippen LogP contribution in [0.3, 0.4) is 0 Å². The van der Waals surface area contributed by atoms with E-state index in [-0.39, 0.29) is 0 Å². The van der Waals surface area contributed by atoms with E-state index in [1.807, 2.05) is 54.6 Å². The first kappa shape index (κ1) is 12.8. The molecule has 20 heavy (non-hydrogen) atoms. The van der Waals surface area contributed by atoms with Crippen LogP contribution in [0.25, 0.3) is 10.9 Å². The van der Waals surface area contributed by atoms with Crippen molar-refractivity contribution in [3.8, 4) is 0 Å². The molecule has 0 spiro atoms. The molecule has 0 radical (unpaired) electrons. The summed E-state index contributed by atoms with van der Waals surface area (Å²) in [7, 11) is 0. The third-order valence-electron chi connectivity index (χ3n) is 3.08. The number of fused-ring (bicyclic) bond motifs is 1. The van der Waals surface area contributed by atoms with Gasteiger partial charge in [-0.2, -0.15) is 0 Å². The van der Waals surface area contributed by atoms with Crippen LogP contribution in [-0.2, 0) is 6.54 Å². The highest BCUT2D eigenvalue weighted by Gasteiger charge is 2.00. The predicted molar refractivity (Wildman–Crippen MR) is 84.9 cm³/mol.